The lowest BCUT2D eigenvalue weighted by Gasteiger charge is -2.34. The molecule has 1 saturated heterocycles. The SMILES string of the molecule is O=C(O)NC1CCN(C2CCOc3cc(Cl)cc(Br)c32)C1. The molecule has 0 aromatic heterocycles. The van der Waals surface area contributed by atoms with E-state index in [4.69, 9.17) is 21.4 Å². The van der Waals surface area contributed by atoms with E-state index in [0.29, 0.717) is 11.6 Å². The zero-order chi connectivity index (χ0) is 15.0. The van der Waals surface area contributed by atoms with Gasteiger partial charge in [0.25, 0.3) is 0 Å². The zero-order valence-electron chi connectivity index (χ0n) is 11.3. The summed E-state index contributed by atoms with van der Waals surface area (Å²) in [5, 5.41) is 12.0. The van der Waals surface area contributed by atoms with Gasteiger partial charge >= 0.3 is 6.09 Å². The molecule has 5 nitrogen and oxygen atoms in total. The fourth-order valence-corrected chi connectivity index (χ4v) is 4.20. The average molecular weight is 376 g/mol. The molecule has 21 heavy (non-hydrogen) atoms. The molecule has 114 valence electrons. The van der Waals surface area contributed by atoms with Crippen molar-refractivity contribution >= 4 is 33.6 Å². The number of hydrogen-bond donors (Lipinski definition) is 2. The number of halogens is 2. The first-order valence-electron chi connectivity index (χ1n) is 6.90. The van der Waals surface area contributed by atoms with Gasteiger partial charge in [0.1, 0.15) is 5.75 Å². The van der Waals surface area contributed by atoms with Crippen LogP contribution >= 0.6 is 27.5 Å². The highest BCUT2D eigenvalue weighted by Crippen LogP contribution is 2.43. The van der Waals surface area contributed by atoms with Crippen molar-refractivity contribution in [2.75, 3.05) is 19.7 Å². The molecule has 1 fully saturated rings. The molecule has 3 rings (SSSR count). The van der Waals surface area contributed by atoms with Crippen molar-refractivity contribution < 1.29 is 14.6 Å². The van der Waals surface area contributed by atoms with E-state index in [-0.39, 0.29) is 12.1 Å². The van der Waals surface area contributed by atoms with Gasteiger partial charge in [-0.1, -0.05) is 27.5 Å². The normalized spacial score (nSPS) is 25.2. The number of fused-ring (bicyclic) bond motifs is 1. The monoisotopic (exact) mass is 374 g/mol. The van der Waals surface area contributed by atoms with Gasteiger partial charge in [-0.15, -0.1) is 0 Å². The summed E-state index contributed by atoms with van der Waals surface area (Å²) in [5.41, 5.74) is 1.11. The second-order valence-corrected chi connectivity index (χ2v) is 6.67. The lowest BCUT2D eigenvalue weighted by Crippen LogP contribution is -2.38. The van der Waals surface area contributed by atoms with E-state index >= 15 is 0 Å². The number of likely N-dealkylation sites (tertiary alicyclic amines) is 1. The summed E-state index contributed by atoms with van der Waals surface area (Å²) in [6.45, 7) is 2.26. The molecule has 0 aliphatic carbocycles. The number of nitrogens with zero attached hydrogens (tertiary/aromatic N) is 1. The predicted molar refractivity (Wildman–Crippen MR) is 83.1 cm³/mol. The number of carboxylic acid groups (broad SMARTS) is 1. The Morgan fingerprint density at radius 3 is 3.05 bits per heavy atom. The average Bonchev–Trinajstić information content (AvgIpc) is 2.85. The molecule has 7 heteroatoms. The van der Waals surface area contributed by atoms with Crippen LogP contribution in [0.4, 0.5) is 4.79 Å². The van der Waals surface area contributed by atoms with Gasteiger partial charge in [-0.3, -0.25) is 4.90 Å². The van der Waals surface area contributed by atoms with Crippen LogP contribution in [-0.4, -0.2) is 41.8 Å². The first-order chi connectivity index (χ1) is 10.0. The van der Waals surface area contributed by atoms with E-state index in [2.05, 4.69) is 26.1 Å². The van der Waals surface area contributed by atoms with Crippen molar-refractivity contribution in [2.24, 2.45) is 0 Å². The molecule has 2 heterocycles. The predicted octanol–water partition coefficient (Wildman–Crippen LogP) is 3.27. The third-order valence-corrected chi connectivity index (χ3v) is 4.90. The lowest BCUT2D eigenvalue weighted by atomic mass is 9.99. The summed E-state index contributed by atoms with van der Waals surface area (Å²) in [4.78, 5) is 13.1. The molecule has 0 spiro atoms. The van der Waals surface area contributed by atoms with Crippen LogP contribution in [0.3, 0.4) is 0 Å². The highest BCUT2D eigenvalue weighted by Gasteiger charge is 2.34. The van der Waals surface area contributed by atoms with E-state index in [1.807, 2.05) is 12.1 Å². The van der Waals surface area contributed by atoms with Gasteiger partial charge in [-0.2, -0.15) is 0 Å². The first kappa shape index (κ1) is 14.9. The number of nitrogens with one attached hydrogen (secondary N) is 1. The Balaban J connectivity index is 1.81. The highest BCUT2D eigenvalue weighted by molar-refractivity contribution is 9.10. The number of rotatable bonds is 2. The van der Waals surface area contributed by atoms with Gasteiger partial charge in [-0.05, 0) is 18.6 Å². The van der Waals surface area contributed by atoms with Gasteiger partial charge < -0.3 is 15.2 Å². The Hall–Kier alpha value is -0.980. The van der Waals surface area contributed by atoms with Crippen LogP contribution in [0.25, 0.3) is 0 Å². The second kappa shape index (κ2) is 6.02. The standard InChI is InChI=1S/C14H16BrClN2O3/c15-10-5-8(16)6-12-13(10)11(2-4-21-12)18-3-1-9(7-18)17-14(19)20/h5-6,9,11,17H,1-4,7H2,(H,19,20). The summed E-state index contributed by atoms with van der Waals surface area (Å²) in [5.74, 6) is 0.820. The van der Waals surface area contributed by atoms with Crippen LogP contribution < -0.4 is 10.1 Å². The zero-order valence-corrected chi connectivity index (χ0v) is 13.7. The van der Waals surface area contributed by atoms with E-state index in [9.17, 15) is 4.79 Å². The summed E-state index contributed by atoms with van der Waals surface area (Å²) >= 11 is 9.65. The number of amides is 1. The molecular formula is C14H16BrClN2O3. The molecule has 2 aliphatic heterocycles. The van der Waals surface area contributed by atoms with E-state index < -0.39 is 6.09 Å². The molecule has 1 aromatic rings. The van der Waals surface area contributed by atoms with Gasteiger partial charge in [0.05, 0.1) is 6.61 Å². The molecule has 0 saturated carbocycles. The van der Waals surface area contributed by atoms with E-state index in [1.165, 1.54) is 0 Å². The third-order valence-electron chi connectivity index (χ3n) is 4.03. The van der Waals surface area contributed by atoms with Crippen LogP contribution in [0.2, 0.25) is 5.02 Å². The Morgan fingerprint density at radius 2 is 2.29 bits per heavy atom. The summed E-state index contributed by atoms with van der Waals surface area (Å²) < 4.78 is 6.66. The van der Waals surface area contributed by atoms with Crippen LogP contribution in [0.1, 0.15) is 24.4 Å². The van der Waals surface area contributed by atoms with Gasteiger partial charge in [0.15, 0.2) is 0 Å². The maximum absolute atomic E-state index is 10.8. The van der Waals surface area contributed by atoms with E-state index in [0.717, 1.165) is 41.7 Å². The molecule has 1 amide bonds. The highest BCUT2D eigenvalue weighted by atomic mass is 79.9. The van der Waals surface area contributed by atoms with Crippen LogP contribution in [0, 0.1) is 0 Å². The summed E-state index contributed by atoms with van der Waals surface area (Å²) in [7, 11) is 0. The molecule has 2 N–H and O–H groups in total. The largest absolute Gasteiger partial charge is 0.493 e. The third kappa shape index (κ3) is 3.12. The van der Waals surface area contributed by atoms with Crippen LogP contribution in [0.5, 0.6) is 5.75 Å². The number of ether oxygens (including phenoxy) is 1. The topological polar surface area (TPSA) is 61.8 Å². The fraction of sp³-hybridized carbons (Fsp3) is 0.500. The second-order valence-electron chi connectivity index (χ2n) is 5.38. The number of benzene rings is 1. The van der Waals surface area contributed by atoms with Crippen molar-refractivity contribution in [1.82, 2.24) is 10.2 Å². The van der Waals surface area contributed by atoms with Crippen LogP contribution in [-0.2, 0) is 0 Å². The Kier molecular flexibility index (Phi) is 4.28. The maximum Gasteiger partial charge on any atom is 0.404 e. The van der Waals surface area contributed by atoms with Crippen molar-refractivity contribution in [1.29, 1.82) is 0 Å². The van der Waals surface area contributed by atoms with Crippen molar-refractivity contribution in [3.63, 3.8) is 0 Å². The van der Waals surface area contributed by atoms with Crippen molar-refractivity contribution in [2.45, 2.75) is 24.9 Å². The van der Waals surface area contributed by atoms with Gasteiger partial charge in [0, 0.05) is 46.7 Å². The Labute approximate surface area is 136 Å². The molecule has 2 aliphatic rings. The van der Waals surface area contributed by atoms with Crippen molar-refractivity contribution in [3.8, 4) is 5.75 Å². The van der Waals surface area contributed by atoms with Gasteiger partial charge in [-0.25, -0.2) is 4.79 Å². The number of carbonyl (C=O) groups is 1. The molecule has 2 unspecified atom stereocenters. The molecule has 1 aromatic carbocycles. The summed E-state index contributed by atoms with van der Waals surface area (Å²) in [6.07, 6.45) is 0.777. The first-order valence-corrected chi connectivity index (χ1v) is 8.07. The lowest BCUT2D eigenvalue weighted by molar-refractivity contribution is 0.159. The van der Waals surface area contributed by atoms with E-state index in [1.54, 1.807) is 0 Å². The molecule has 2 atom stereocenters. The minimum absolute atomic E-state index is 0.000120. The quantitative estimate of drug-likeness (QED) is 0.833. The molecule has 0 bridgehead atoms. The Bertz CT molecular complexity index is 569. The minimum atomic E-state index is -0.956. The fourth-order valence-electron chi connectivity index (χ4n) is 3.16. The maximum atomic E-state index is 10.8. The Morgan fingerprint density at radius 1 is 1.48 bits per heavy atom. The van der Waals surface area contributed by atoms with Crippen molar-refractivity contribution in [3.05, 3.63) is 27.2 Å². The molecule has 0 radical (unpaired) electrons. The van der Waals surface area contributed by atoms with Crippen LogP contribution in [0.15, 0.2) is 16.6 Å². The smallest absolute Gasteiger partial charge is 0.404 e. The minimum Gasteiger partial charge on any atom is -0.493 e. The summed E-state index contributed by atoms with van der Waals surface area (Å²) in [6, 6.07) is 3.96. The van der Waals surface area contributed by atoms with Gasteiger partial charge in [0.2, 0.25) is 0 Å². The molecular weight excluding hydrogens is 360 g/mol. The number of hydrogen-bond acceptors (Lipinski definition) is 3.